The van der Waals surface area contributed by atoms with Crippen LogP contribution in [-0.2, 0) is 17.9 Å². The highest BCUT2D eigenvalue weighted by atomic mass is 16.6. The number of aryl methyl sites for hydroxylation is 1. The molecule has 0 spiro atoms. The van der Waals surface area contributed by atoms with Crippen LogP contribution in [0.25, 0.3) is 10.9 Å². The minimum Gasteiger partial charge on any atom is -0.486 e. The van der Waals surface area contributed by atoms with E-state index in [2.05, 4.69) is 4.98 Å². The molecule has 2 heterocycles. The number of benzene rings is 2. The zero-order valence-corrected chi connectivity index (χ0v) is 16.7. The molecule has 30 heavy (non-hydrogen) atoms. The second-order valence-electron chi connectivity index (χ2n) is 7.03. The highest BCUT2D eigenvalue weighted by molar-refractivity contribution is 5.79. The lowest BCUT2D eigenvalue weighted by molar-refractivity contribution is -0.131. The molecule has 156 valence electrons. The molecule has 2 aromatic carbocycles. The second-order valence-corrected chi connectivity index (χ2v) is 7.03. The topological polar surface area (TPSA) is 93.6 Å². The lowest BCUT2D eigenvalue weighted by Crippen LogP contribution is -2.34. The number of nitrogens with one attached hydrogen (secondary N) is 1. The molecule has 0 unspecified atom stereocenters. The Kier molecular flexibility index (Phi) is 5.56. The van der Waals surface area contributed by atoms with Crippen LogP contribution in [-0.4, -0.2) is 40.1 Å². The number of ether oxygens (including phenoxy) is 2. The molecule has 0 atom stereocenters. The van der Waals surface area contributed by atoms with Crippen molar-refractivity contribution in [3.63, 3.8) is 0 Å². The van der Waals surface area contributed by atoms with Gasteiger partial charge < -0.3 is 14.4 Å². The Morgan fingerprint density at radius 3 is 2.73 bits per heavy atom. The van der Waals surface area contributed by atoms with Gasteiger partial charge in [0.1, 0.15) is 13.2 Å². The number of rotatable bonds is 6. The van der Waals surface area contributed by atoms with Crippen molar-refractivity contribution in [3.05, 3.63) is 68.9 Å². The number of aromatic nitrogens is 2. The number of amides is 1. The lowest BCUT2D eigenvalue weighted by Gasteiger charge is -2.25. The molecule has 1 aliphatic heterocycles. The van der Waals surface area contributed by atoms with E-state index in [1.54, 1.807) is 29.2 Å². The summed E-state index contributed by atoms with van der Waals surface area (Å²) in [5.41, 5.74) is 0.459. The fourth-order valence-electron chi connectivity index (χ4n) is 3.67. The van der Waals surface area contributed by atoms with Crippen LogP contribution < -0.4 is 20.7 Å². The van der Waals surface area contributed by atoms with E-state index < -0.39 is 11.2 Å². The molecule has 0 saturated heterocycles. The van der Waals surface area contributed by atoms with Gasteiger partial charge in [-0.3, -0.25) is 19.1 Å². The first-order valence-electron chi connectivity index (χ1n) is 9.95. The summed E-state index contributed by atoms with van der Waals surface area (Å²) >= 11 is 0. The average molecular weight is 409 g/mol. The van der Waals surface area contributed by atoms with Gasteiger partial charge in [-0.05, 0) is 25.1 Å². The standard InChI is InChI=1S/C22H23N3O5/c1-2-24(14-15-6-5-9-18-20(15)30-13-12-29-18)19(26)10-11-25-17-8-4-3-7-16(17)21(27)23-22(25)28/h3-9H,2,10-14H2,1H3,(H,23,27,28). The van der Waals surface area contributed by atoms with Crippen LogP contribution in [0.4, 0.5) is 0 Å². The normalized spacial score (nSPS) is 12.7. The van der Waals surface area contributed by atoms with E-state index in [9.17, 15) is 14.4 Å². The van der Waals surface area contributed by atoms with Gasteiger partial charge in [0.25, 0.3) is 5.56 Å². The van der Waals surface area contributed by atoms with Crippen LogP contribution >= 0.6 is 0 Å². The van der Waals surface area contributed by atoms with E-state index in [-0.39, 0.29) is 18.9 Å². The summed E-state index contributed by atoms with van der Waals surface area (Å²) in [5.74, 6) is 1.28. The Balaban J connectivity index is 1.52. The molecule has 8 heteroatoms. The van der Waals surface area contributed by atoms with Gasteiger partial charge in [0.15, 0.2) is 11.5 Å². The summed E-state index contributed by atoms with van der Waals surface area (Å²) in [6.07, 6.45) is 0.135. The van der Waals surface area contributed by atoms with Crippen LogP contribution in [0.3, 0.4) is 0 Å². The maximum atomic E-state index is 12.9. The zero-order valence-electron chi connectivity index (χ0n) is 16.7. The summed E-state index contributed by atoms with van der Waals surface area (Å²) in [5, 5.41) is 0.421. The first-order chi connectivity index (χ1) is 14.6. The van der Waals surface area contributed by atoms with Gasteiger partial charge in [0.05, 0.1) is 10.9 Å². The number of nitrogens with zero attached hydrogens (tertiary/aromatic N) is 2. The van der Waals surface area contributed by atoms with Gasteiger partial charge in [-0.2, -0.15) is 0 Å². The summed E-state index contributed by atoms with van der Waals surface area (Å²) in [7, 11) is 0. The minimum atomic E-state index is -0.516. The monoisotopic (exact) mass is 409 g/mol. The molecule has 0 fully saturated rings. The zero-order chi connectivity index (χ0) is 21.1. The molecule has 0 saturated carbocycles. The van der Waals surface area contributed by atoms with Crippen LogP contribution in [0, 0.1) is 0 Å². The third-order valence-electron chi connectivity index (χ3n) is 5.20. The first kappa shape index (κ1) is 19.8. The summed E-state index contributed by atoms with van der Waals surface area (Å²) in [6.45, 7) is 3.99. The van der Waals surface area contributed by atoms with Crippen molar-refractivity contribution >= 4 is 16.8 Å². The summed E-state index contributed by atoms with van der Waals surface area (Å²) in [6, 6.07) is 12.5. The van der Waals surface area contributed by atoms with E-state index in [0.29, 0.717) is 48.7 Å². The molecule has 0 aliphatic carbocycles. The molecular weight excluding hydrogens is 386 g/mol. The average Bonchev–Trinajstić information content (AvgIpc) is 2.77. The predicted molar refractivity (Wildman–Crippen MR) is 112 cm³/mol. The molecule has 1 amide bonds. The Hall–Kier alpha value is -3.55. The van der Waals surface area contributed by atoms with Crippen molar-refractivity contribution in [3.8, 4) is 11.5 Å². The molecule has 0 bridgehead atoms. The number of carbonyl (C=O) groups is 1. The van der Waals surface area contributed by atoms with Gasteiger partial charge in [-0.25, -0.2) is 4.79 Å². The van der Waals surface area contributed by atoms with E-state index in [1.165, 1.54) is 4.57 Å². The predicted octanol–water partition coefficient (Wildman–Crippen LogP) is 1.90. The van der Waals surface area contributed by atoms with Gasteiger partial charge in [0.2, 0.25) is 5.91 Å². The van der Waals surface area contributed by atoms with Crippen molar-refractivity contribution in [2.24, 2.45) is 0 Å². The van der Waals surface area contributed by atoms with E-state index in [0.717, 1.165) is 5.56 Å². The number of carbonyl (C=O) groups excluding carboxylic acids is 1. The van der Waals surface area contributed by atoms with Gasteiger partial charge in [0, 0.05) is 31.6 Å². The number of para-hydroxylation sites is 2. The van der Waals surface area contributed by atoms with Crippen molar-refractivity contribution in [2.45, 2.75) is 26.4 Å². The number of hydrogen-bond donors (Lipinski definition) is 1. The number of fused-ring (bicyclic) bond motifs is 2. The third-order valence-corrected chi connectivity index (χ3v) is 5.20. The SMILES string of the molecule is CCN(Cc1cccc2c1OCCO2)C(=O)CCn1c(=O)[nH]c(=O)c2ccccc21. The molecule has 4 rings (SSSR count). The fraction of sp³-hybridized carbons (Fsp3) is 0.318. The Bertz CT molecular complexity index is 1200. The van der Waals surface area contributed by atoms with Gasteiger partial charge in [-0.15, -0.1) is 0 Å². The minimum absolute atomic E-state index is 0.0889. The van der Waals surface area contributed by atoms with E-state index >= 15 is 0 Å². The molecule has 8 nitrogen and oxygen atoms in total. The highest BCUT2D eigenvalue weighted by Gasteiger charge is 2.20. The van der Waals surface area contributed by atoms with E-state index in [1.807, 2.05) is 25.1 Å². The molecular formula is C22H23N3O5. The highest BCUT2D eigenvalue weighted by Crippen LogP contribution is 2.34. The second kappa shape index (κ2) is 8.44. The number of aromatic amines is 1. The Labute approximate surface area is 172 Å². The first-order valence-corrected chi connectivity index (χ1v) is 9.95. The maximum Gasteiger partial charge on any atom is 0.328 e. The number of H-pyrrole nitrogens is 1. The van der Waals surface area contributed by atoms with Crippen LogP contribution in [0.5, 0.6) is 11.5 Å². The van der Waals surface area contributed by atoms with Crippen LogP contribution in [0.2, 0.25) is 0 Å². The Morgan fingerprint density at radius 1 is 1.10 bits per heavy atom. The summed E-state index contributed by atoms with van der Waals surface area (Å²) < 4.78 is 12.8. The quantitative estimate of drug-likeness (QED) is 0.671. The van der Waals surface area contributed by atoms with Crippen molar-refractivity contribution < 1.29 is 14.3 Å². The smallest absolute Gasteiger partial charge is 0.328 e. The van der Waals surface area contributed by atoms with Crippen LogP contribution in [0.15, 0.2) is 52.1 Å². The van der Waals surface area contributed by atoms with Crippen molar-refractivity contribution in [1.29, 1.82) is 0 Å². The third kappa shape index (κ3) is 3.80. The molecule has 0 radical (unpaired) electrons. The van der Waals surface area contributed by atoms with Gasteiger partial charge >= 0.3 is 5.69 Å². The fourth-order valence-corrected chi connectivity index (χ4v) is 3.67. The van der Waals surface area contributed by atoms with Crippen molar-refractivity contribution in [2.75, 3.05) is 19.8 Å². The molecule has 1 N–H and O–H groups in total. The van der Waals surface area contributed by atoms with Crippen LogP contribution in [0.1, 0.15) is 18.9 Å². The van der Waals surface area contributed by atoms with Crippen molar-refractivity contribution in [1.82, 2.24) is 14.5 Å². The lowest BCUT2D eigenvalue weighted by atomic mass is 10.1. The molecule has 1 aromatic heterocycles. The largest absolute Gasteiger partial charge is 0.486 e. The number of hydrogen-bond acceptors (Lipinski definition) is 5. The maximum absolute atomic E-state index is 12.9. The summed E-state index contributed by atoms with van der Waals surface area (Å²) in [4.78, 5) is 41.2. The van der Waals surface area contributed by atoms with Gasteiger partial charge in [-0.1, -0.05) is 24.3 Å². The van der Waals surface area contributed by atoms with E-state index in [4.69, 9.17) is 9.47 Å². The Morgan fingerprint density at radius 2 is 1.90 bits per heavy atom. The molecule has 3 aromatic rings. The molecule has 1 aliphatic rings.